The highest BCUT2D eigenvalue weighted by molar-refractivity contribution is 5.94. The molecule has 0 unspecified atom stereocenters. The first-order valence-electron chi connectivity index (χ1n) is 7.17. The second kappa shape index (κ2) is 6.99. The van der Waals surface area contributed by atoms with Gasteiger partial charge in [0.2, 0.25) is 0 Å². The lowest BCUT2D eigenvalue weighted by Crippen LogP contribution is -2.35. The fourth-order valence-electron chi connectivity index (χ4n) is 2.26. The highest BCUT2D eigenvalue weighted by atomic mass is 16.2. The minimum atomic E-state index is 0.0249. The van der Waals surface area contributed by atoms with Crippen LogP contribution in [-0.2, 0) is 0 Å². The molecule has 1 aromatic carbocycles. The zero-order valence-corrected chi connectivity index (χ0v) is 12.5. The fraction of sp³-hybridized carbons (Fsp3) is 0.294. The Morgan fingerprint density at radius 3 is 2.48 bits per heavy atom. The standard InChI is InChI=1S/C17H21N3O/c1-3-20(9-8-18)17(21)15-6-4-14(5-7-15)16-10-13(2)11-19-12-16/h4-7,10-12H,3,8-9,18H2,1-2H3. The van der Waals surface area contributed by atoms with Gasteiger partial charge >= 0.3 is 0 Å². The average Bonchev–Trinajstić information content (AvgIpc) is 2.52. The van der Waals surface area contributed by atoms with Crippen molar-refractivity contribution in [1.29, 1.82) is 0 Å². The molecule has 0 aliphatic carbocycles. The number of rotatable bonds is 5. The molecule has 2 aromatic rings. The topological polar surface area (TPSA) is 59.2 Å². The van der Waals surface area contributed by atoms with Gasteiger partial charge in [-0.3, -0.25) is 9.78 Å². The van der Waals surface area contributed by atoms with Gasteiger partial charge in [0.05, 0.1) is 0 Å². The minimum Gasteiger partial charge on any atom is -0.338 e. The molecule has 4 nitrogen and oxygen atoms in total. The lowest BCUT2D eigenvalue weighted by molar-refractivity contribution is 0.0769. The van der Waals surface area contributed by atoms with Gasteiger partial charge in [-0.25, -0.2) is 0 Å². The van der Waals surface area contributed by atoms with E-state index in [0.717, 1.165) is 16.7 Å². The van der Waals surface area contributed by atoms with Crippen molar-refractivity contribution >= 4 is 5.91 Å². The number of hydrogen-bond acceptors (Lipinski definition) is 3. The quantitative estimate of drug-likeness (QED) is 0.917. The molecule has 0 atom stereocenters. The summed E-state index contributed by atoms with van der Waals surface area (Å²) in [5.41, 5.74) is 9.46. The molecule has 0 aliphatic heterocycles. The summed E-state index contributed by atoms with van der Waals surface area (Å²) in [6.07, 6.45) is 3.66. The van der Waals surface area contributed by atoms with Gasteiger partial charge in [0.1, 0.15) is 0 Å². The molecule has 2 N–H and O–H groups in total. The van der Waals surface area contributed by atoms with Crippen molar-refractivity contribution in [3.05, 3.63) is 53.9 Å². The van der Waals surface area contributed by atoms with Crippen molar-refractivity contribution < 1.29 is 4.79 Å². The normalized spacial score (nSPS) is 10.4. The number of benzene rings is 1. The summed E-state index contributed by atoms with van der Waals surface area (Å²) in [5, 5.41) is 0. The van der Waals surface area contributed by atoms with Crippen LogP contribution in [0.1, 0.15) is 22.8 Å². The van der Waals surface area contributed by atoms with Gasteiger partial charge in [0.25, 0.3) is 5.91 Å². The van der Waals surface area contributed by atoms with Gasteiger partial charge < -0.3 is 10.6 Å². The van der Waals surface area contributed by atoms with E-state index in [1.165, 1.54) is 0 Å². The summed E-state index contributed by atoms with van der Waals surface area (Å²) in [4.78, 5) is 18.3. The van der Waals surface area contributed by atoms with E-state index in [-0.39, 0.29) is 5.91 Å². The van der Waals surface area contributed by atoms with Crippen molar-refractivity contribution in [3.8, 4) is 11.1 Å². The smallest absolute Gasteiger partial charge is 0.253 e. The number of nitrogens with two attached hydrogens (primary N) is 1. The van der Waals surface area contributed by atoms with E-state index < -0.39 is 0 Å². The van der Waals surface area contributed by atoms with Crippen LogP contribution in [0.3, 0.4) is 0 Å². The zero-order chi connectivity index (χ0) is 15.2. The van der Waals surface area contributed by atoms with Gasteiger partial charge in [-0.15, -0.1) is 0 Å². The monoisotopic (exact) mass is 283 g/mol. The number of carbonyl (C=O) groups excluding carboxylic acids is 1. The summed E-state index contributed by atoms with van der Waals surface area (Å²) >= 11 is 0. The number of carbonyl (C=O) groups is 1. The third kappa shape index (κ3) is 3.67. The number of aryl methyl sites for hydroxylation is 1. The van der Waals surface area contributed by atoms with E-state index in [1.54, 1.807) is 4.90 Å². The van der Waals surface area contributed by atoms with E-state index in [1.807, 2.05) is 50.5 Å². The number of pyridine rings is 1. The number of nitrogens with zero attached hydrogens (tertiary/aromatic N) is 2. The number of aromatic nitrogens is 1. The minimum absolute atomic E-state index is 0.0249. The van der Waals surface area contributed by atoms with Crippen LogP contribution in [0.5, 0.6) is 0 Å². The maximum atomic E-state index is 12.3. The number of likely N-dealkylation sites (N-methyl/N-ethyl adjacent to an activating group) is 1. The van der Waals surface area contributed by atoms with Crippen LogP contribution in [0.2, 0.25) is 0 Å². The predicted molar refractivity (Wildman–Crippen MR) is 85.0 cm³/mol. The molecule has 0 aliphatic rings. The highest BCUT2D eigenvalue weighted by Gasteiger charge is 2.13. The Morgan fingerprint density at radius 1 is 1.19 bits per heavy atom. The molecule has 110 valence electrons. The Balaban J connectivity index is 2.20. The summed E-state index contributed by atoms with van der Waals surface area (Å²) in [6.45, 7) is 5.70. The number of amides is 1. The van der Waals surface area contributed by atoms with Gasteiger partial charge in [-0.05, 0) is 43.2 Å². The molecule has 21 heavy (non-hydrogen) atoms. The van der Waals surface area contributed by atoms with Crippen LogP contribution in [0.4, 0.5) is 0 Å². The molecule has 0 saturated carbocycles. The Hall–Kier alpha value is -2.20. The molecule has 4 heteroatoms. The summed E-state index contributed by atoms with van der Waals surface area (Å²) in [6, 6.07) is 9.72. The molecule has 1 heterocycles. The largest absolute Gasteiger partial charge is 0.338 e. The molecule has 1 aromatic heterocycles. The molecule has 0 radical (unpaired) electrons. The SMILES string of the molecule is CCN(CCN)C(=O)c1ccc(-c2cncc(C)c2)cc1. The van der Waals surface area contributed by atoms with E-state index >= 15 is 0 Å². The second-order valence-corrected chi connectivity index (χ2v) is 5.00. The van der Waals surface area contributed by atoms with Crippen molar-refractivity contribution in [3.63, 3.8) is 0 Å². The third-order valence-corrected chi connectivity index (χ3v) is 3.41. The zero-order valence-electron chi connectivity index (χ0n) is 12.5. The van der Waals surface area contributed by atoms with Crippen molar-refractivity contribution in [2.24, 2.45) is 5.73 Å². The summed E-state index contributed by atoms with van der Waals surface area (Å²) in [7, 11) is 0. The van der Waals surface area contributed by atoms with Crippen molar-refractivity contribution in [2.45, 2.75) is 13.8 Å². The van der Waals surface area contributed by atoms with Gasteiger partial charge in [-0.1, -0.05) is 12.1 Å². The van der Waals surface area contributed by atoms with Crippen LogP contribution < -0.4 is 5.73 Å². The van der Waals surface area contributed by atoms with Crippen LogP contribution >= 0.6 is 0 Å². The van der Waals surface area contributed by atoms with Crippen LogP contribution in [0.25, 0.3) is 11.1 Å². The lowest BCUT2D eigenvalue weighted by Gasteiger charge is -2.20. The van der Waals surface area contributed by atoms with Gasteiger partial charge in [-0.2, -0.15) is 0 Å². The molecule has 0 saturated heterocycles. The van der Waals surface area contributed by atoms with E-state index in [9.17, 15) is 4.79 Å². The van der Waals surface area contributed by atoms with Crippen LogP contribution in [0.15, 0.2) is 42.7 Å². The lowest BCUT2D eigenvalue weighted by atomic mass is 10.0. The second-order valence-electron chi connectivity index (χ2n) is 5.00. The average molecular weight is 283 g/mol. The Bertz CT molecular complexity index is 608. The van der Waals surface area contributed by atoms with Gasteiger partial charge in [0, 0.05) is 43.2 Å². The first-order valence-corrected chi connectivity index (χ1v) is 7.17. The first-order chi connectivity index (χ1) is 10.2. The predicted octanol–water partition coefficient (Wildman–Crippen LogP) is 2.48. The van der Waals surface area contributed by atoms with Gasteiger partial charge in [0.15, 0.2) is 0 Å². The Labute approximate surface area is 125 Å². The van der Waals surface area contributed by atoms with E-state index in [4.69, 9.17) is 5.73 Å². The maximum Gasteiger partial charge on any atom is 0.253 e. The molecule has 2 rings (SSSR count). The first kappa shape index (κ1) is 15.2. The Kier molecular flexibility index (Phi) is 5.06. The van der Waals surface area contributed by atoms with Crippen molar-refractivity contribution in [2.75, 3.05) is 19.6 Å². The maximum absolute atomic E-state index is 12.3. The molecular weight excluding hydrogens is 262 g/mol. The van der Waals surface area contributed by atoms with E-state index in [2.05, 4.69) is 11.1 Å². The summed E-state index contributed by atoms with van der Waals surface area (Å²) in [5.74, 6) is 0.0249. The molecular formula is C17H21N3O. The Morgan fingerprint density at radius 2 is 1.90 bits per heavy atom. The molecule has 1 amide bonds. The van der Waals surface area contributed by atoms with E-state index in [0.29, 0.717) is 25.2 Å². The number of hydrogen-bond donors (Lipinski definition) is 1. The summed E-state index contributed by atoms with van der Waals surface area (Å²) < 4.78 is 0. The highest BCUT2D eigenvalue weighted by Crippen LogP contribution is 2.20. The molecule has 0 fully saturated rings. The molecule has 0 bridgehead atoms. The molecule has 0 spiro atoms. The third-order valence-electron chi connectivity index (χ3n) is 3.41. The fourth-order valence-corrected chi connectivity index (χ4v) is 2.26. The van der Waals surface area contributed by atoms with Crippen LogP contribution in [-0.4, -0.2) is 35.4 Å². The van der Waals surface area contributed by atoms with Crippen LogP contribution in [0, 0.1) is 6.92 Å². The van der Waals surface area contributed by atoms with Crippen molar-refractivity contribution in [1.82, 2.24) is 9.88 Å².